The smallest absolute Gasteiger partial charge is 0.270 e. The first kappa shape index (κ1) is 20.4. The van der Waals surface area contributed by atoms with Crippen LogP contribution in [0.15, 0.2) is 64.7 Å². The Morgan fingerprint density at radius 1 is 1.19 bits per heavy atom. The largest absolute Gasteiger partial charge is 0.414 e. The molecule has 0 spiro atoms. The Hall–Kier alpha value is -3.85. The molecule has 2 aromatic heterocycles. The van der Waals surface area contributed by atoms with E-state index in [4.69, 9.17) is 10.2 Å². The SMILES string of the molecule is C=C/C(=C\C(=NC)N1CCNCC1)c1cnc(N)c(-c2nnc(-c3ccccc3)o2)n1. The number of hydrogen-bond donors (Lipinski definition) is 2. The summed E-state index contributed by atoms with van der Waals surface area (Å²) in [6.45, 7) is 7.54. The maximum Gasteiger partial charge on any atom is 0.270 e. The third-order valence-electron chi connectivity index (χ3n) is 4.92. The number of nitrogen functional groups attached to an aromatic ring is 1. The van der Waals surface area contributed by atoms with Crippen LogP contribution in [0.25, 0.3) is 28.6 Å². The van der Waals surface area contributed by atoms with Crippen molar-refractivity contribution in [3.05, 3.63) is 61.0 Å². The van der Waals surface area contributed by atoms with Gasteiger partial charge < -0.3 is 20.4 Å². The summed E-state index contributed by atoms with van der Waals surface area (Å²) in [6.07, 6.45) is 5.28. The van der Waals surface area contributed by atoms with Gasteiger partial charge in [-0.15, -0.1) is 10.2 Å². The topological polar surface area (TPSA) is 118 Å². The molecule has 3 aromatic rings. The molecular weight excluding hydrogens is 392 g/mol. The number of anilines is 1. The molecule has 1 fully saturated rings. The van der Waals surface area contributed by atoms with E-state index in [9.17, 15) is 0 Å². The quantitative estimate of drug-likeness (QED) is 0.369. The minimum Gasteiger partial charge on any atom is -0.414 e. The monoisotopic (exact) mass is 416 g/mol. The molecule has 1 aliphatic heterocycles. The Kier molecular flexibility index (Phi) is 6.13. The van der Waals surface area contributed by atoms with Crippen molar-refractivity contribution < 1.29 is 4.42 Å². The molecule has 9 heteroatoms. The number of piperazine rings is 1. The van der Waals surface area contributed by atoms with Crippen LogP contribution in [-0.2, 0) is 0 Å². The number of aromatic nitrogens is 4. The highest BCUT2D eigenvalue weighted by atomic mass is 16.4. The molecule has 0 bridgehead atoms. The predicted octanol–water partition coefficient (Wildman–Crippen LogP) is 2.28. The normalized spacial score (nSPS) is 15.2. The van der Waals surface area contributed by atoms with Gasteiger partial charge in [0.1, 0.15) is 5.84 Å². The Labute approximate surface area is 180 Å². The molecular formula is C22H24N8O. The van der Waals surface area contributed by atoms with Gasteiger partial charge in [-0.25, -0.2) is 9.97 Å². The maximum atomic E-state index is 6.07. The van der Waals surface area contributed by atoms with Crippen molar-refractivity contribution in [2.45, 2.75) is 0 Å². The molecule has 0 unspecified atom stereocenters. The highest BCUT2D eigenvalue weighted by Gasteiger charge is 2.18. The van der Waals surface area contributed by atoms with E-state index in [1.807, 2.05) is 36.4 Å². The maximum absolute atomic E-state index is 6.07. The van der Waals surface area contributed by atoms with Crippen molar-refractivity contribution in [3.8, 4) is 23.0 Å². The highest BCUT2D eigenvalue weighted by molar-refractivity contribution is 6.00. The zero-order chi connectivity index (χ0) is 21.6. The van der Waals surface area contributed by atoms with Gasteiger partial charge in [-0.3, -0.25) is 4.99 Å². The van der Waals surface area contributed by atoms with Crippen molar-refractivity contribution in [2.75, 3.05) is 39.0 Å². The summed E-state index contributed by atoms with van der Waals surface area (Å²) in [6, 6.07) is 9.51. The number of nitrogens with one attached hydrogen (secondary N) is 1. The van der Waals surface area contributed by atoms with Crippen LogP contribution in [-0.4, -0.2) is 64.1 Å². The van der Waals surface area contributed by atoms with Crippen LogP contribution in [0.1, 0.15) is 5.69 Å². The third kappa shape index (κ3) is 4.51. The fourth-order valence-corrected chi connectivity index (χ4v) is 3.28. The minimum atomic E-state index is 0.209. The van der Waals surface area contributed by atoms with E-state index in [0.717, 1.165) is 43.2 Å². The molecule has 0 radical (unpaired) electrons. The summed E-state index contributed by atoms with van der Waals surface area (Å²) in [5.74, 6) is 1.67. The van der Waals surface area contributed by atoms with Gasteiger partial charge in [0.2, 0.25) is 5.89 Å². The molecule has 31 heavy (non-hydrogen) atoms. The van der Waals surface area contributed by atoms with Crippen LogP contribution in [0.5, 0.6) is 0 Å². The summed E-state index contributed by atoms with van der Waals surface area (Å²) >= 11 is 0. The predicted molar refractivity (Wildman–Crippen MR) is 121 cm³/mol. The van der Waals surface area contributed by atoms with E-state index >= 15 is 0 Å². The number of aliphatic imine (C=N–C) groups is 1. The highest BCUT2D eigenvalue weighted by Crippen LogP contribution is 2.27. The van der Waals surface area contributed by atoms with Crippen molar-refractivity contribution in [1.82, 2.24) is 30.4 Å². The first-order valence-electron chi connectivity index (χ1n) is 9.98. The number of benzene rings is 1. The van der Waals surface area contributed by atoms with Gasteiger partial charge in [-0.1, -0.05) is 30.9 Å². The van der Waals surface area contributed by atoms with E-state index in [-0.39, 0.29) is 11.7 Å². The molecule has 4 rings (SSSR count). The van der Waals surface area contributed by atoms with Gasteiger partial charge in [0.15, 0.2) is 11.5 Å². The molecule has 158 valence electrons. The molecule has 0 atom stereocenters. The van der Waals surface area contributed by atoms with E-state index in [2.05, 4.69) is 42.0 Å². The second-order valence-electron chi connectivity index (χ2n) is 6.89. The molecule has 0 aliphatic carbocycles. The van der Waals surface area contributed by atoms with E-state index in [0.29, 0.717) is 17.3 Å². The van der Waals surface area contributed by atoms with Crippen LogP contribution in [0.4, 0.5) is 5.82 Å². The fourth-order valence-electron chi connectivity index (χ4n) is 3.28. The number of nitrogens with zero attached hydrogens (tertiary/aromatic N) is 6. The van der Waals surface area contributed by atoms with E-state index in [1.165, 1.54) is 0 Å². The Balaban J connectivity index is 1.66. The Morgan fingerprint density at radius 2 is 1.94 bits per heavy atom. The molecule has 0 saturated carbocycles. The molecule has 9 nitrogen and oxygen atoms in total. The average Bonchev–Trinajstić information content (AvgIpc) is 3.32. The van der Waals surface area contributed by atoms with Gasteiger partial charge >= 0.3 is 0 Å². The number of allylic oxidation sites excluding steroid dienone is 2. The summed E-state index contributed by atoms with van der Waals surface area (Å²) in [7, 11) is 1.78. The molecule has 1 aromatic carbocycles. The molecule has 0 amide bonds. The lowest BCUT2D eigenvalue weighted by molar-refractivity contribution is 0.358. The van der Waals surface area contributed by atoms with Crippen molar-refractivity contribution in [1.29, 1.82) is 0 Å². The molecule has 1 saturated heterocycles. The first-order valence-corrected chi connectivity index (χ1v) is 9.98. The second kappa shape index (κ2) is 9.31. The summed E-state index contributed by atoms with van der Waals surface area (Å²) in [5.41, 5.74) is 8.58. The number of amidine groups is 1. The lowest BCUT2D eigenvalue weighted by atomic mass is 10.1. The van der Waals surface area contributed by atoms with Crippen LogP contribution in [0, 0.1) is 0 Å². The standard InChI is InChI=1S/C22H24N8O/c1-3-15(13-18(24-2)30-11-9-25-10-12-30)17-14-26-20(23)19(27-17)22-29-28-21(31-22)16-7-5-4-6-8-16/h3-8,13-14,25H,1,9-12H2,2H3,(H2,23,26)/b15-13+,24-18?. The van der Waals surface area contributed by atoms with Crippen LogP contribution in [0.2, 0.25) is 0 Å². The van der Waals surface area contributed by atoms with Crippen molar-refractivity contribution >= 4 is 17.2 Å². The zero-order valence-electron chi connectivity index (χ0n) is 17.3. The van der Waals surface area contributed by atoms with Gasteiger partial charge in [-0.05, 0) is 18.2 Å². The summed E-state index contributed by atoms with van der Waals surface area (Å²) in [5, 5.41) is 11.6. The van der Waals surface area contributed by atoms with Gasteiger partial charge in [0.25, 0.3) is 5.89 Å². The molecule has 3 heterocycles. The van der Waals surface area contributed by atoms with Crippen LogP contribution in [0.3, 0.4) is 0 Å². The van der Waals surface area contributed by atoms with Crippen molar-refractivity contribution in [2.24, 2.45) is 4.99 Å². The summed E-state index contributed by atoms with van der Waals surface area (Å²) < 4.78 is 5.81. The lowest BCUT2D eigenvalue weighted by Gasteiger charge is -2.29. The number of hydrogen-bond acceptors (Lipinski definition) is 8. The van der Waals surface area contributed by atoms with Crippen LogP contribution < -0.4 is 11.1 Å². The fraction of sp³-hybridized carbons (Fsp3) is 0.227. The van der Waals surface area contributed by atoms with Crippen LogP contribution >= 0.6 is 0 Å². The Bertz CT molecular complexity index is 1110. The molecule has 3 N–H and O–H groups in total. The van der Waals surface area contributed by atoms with Gasteiger partial charge in [-0.2, -0.15) is 0 Å². The van der Waals surface area contributed by atoms with Gasteiger partial charge in [0, 0.05) is 44.4 Å². The number of nitrogens with two attached hydrogens (primary N) is 1. The first-order chi connectivity index (χ1) is 15.2. The van der Waals surface area contributed by atoms with E-state index < -0.39 is 0 Å². The number of rotatable bonds is 5. The van der Waals surface area contributed by atoms with E-state index in [1.54, 1.807) is 19.3 Å². The second-order valence-corrected chi connectivity index (χ2v) is 6.89. The lowest BCUT2D eigenvalue weighted by Crippen LogP contribution is -2.46. The zero-order valence-corrected chi connectivity index (χ0v) is 17.3. The minimum absolute atomic E-state index is 0.209. The van der Waals surface area contributed by atoms with Gasteiger partial charge in [0.05, 0.1) is 11.9 Å². The summed E-state index contributed by atoms with van der Waals surface area (Å²) in [4.78, 5) is 15.6. The van der Waals surface area contributed by atoms with Crippen molar-refractivity contribution in [3.63, 3.8) is 0 Å². The Morgan fingerprint density at radius 3 is 2.65 bits per heavy atom. The molecule has 1 aliphatic rings. The average molecular weight is 416 g/mol. The third-order valence-corrected chi connectivity index (χ3v) is 4.92.